The van der Waals surface area contributed by atoms with Gasteiger partial charge < -0.3 is 55.9 Å². The lowest BCUT2D eigenvalue weighted by Gasteiger charge is -2.18. The van der Waals surface area contributed by atoms with Crippen LogP contribution in [-0.4, -0.2) is 76.9 Å². The molecule has 0 unspecified atom stereocenters. The highest BCUT2D eigenvalue weighted by Crippen LogP contribution is 2.26. The number of esters is 3. The second-order valence-corrected chi connectivity index (χ2v) is 23.7. The molecule has 3 heterocycles. The molecule has 0 spiro atoms. The first-order chi connectivity index (χ1) is 47.1. The van der Waals surface area contributed by atoms with Gasteiger partial charge in [-0.15, -0.1) is 0 Å². The number of carbonyl (C=O) groups excluding carboxylic acids is 3. The fraction of sp³-hybridized carbons (Fsp3) is 0.385. The van der Waals surface area contributed by atoms with Crippen molar-refractivity contribution in [1.29, 1.82) is 0 Å². The van der Waals surface area contributed by atoms with Crippen molar-refractivity contribution in [3.63, 3.8) is 0 Å². The van der Waals surface area contributed by atoms with Gasteiger partial charge >= 0.3 is 34.8 Å². The summed E-state index contributed by atoms with van der Waals surface area (Å²) in [6.07, 6.45) is 22.5. The van der Waals surface area contributed by atoms with Crippen molar-refractivity contribution in [3.05, 3.63) is 212 Å². The molecular formula is C78H86O18. The zero-order chi connectivity index (χ0) is 66.8. The highest BCUT2D eigenvalue weighted by molar-refractivity contribution is 5.93. The number of carbonyl (C=O) groups is 3. The third-order valence-electron chi connectivity index (χ3n) is 16.1. The number of fused-ring (bicyclic) bond motifs is 3. The van der Waals surface area contributed by atoms with Gasteiger partial charge in [-0.05, 0) is 166 Å². The Morgan fingerprint density at radius 1 is 0.281 bits per heavy atom. The molecule has 506 valence electrons. The van der Waals surface area contributed by atoms with Gasteiger partial charge in [0.05, 0.1) is 49.7 Å². The number of rotatable bonds is 44. The van der Waals surface area contributed by atoms with Gasteiger partial charge in [0, 0.05) is 72.4 Å². The predicted molar refractivity (Wildman–Crippen MR) is 366 cm³/mol. The number of hydrogen-bond acceptors (Lipinski definition) is 18. The average Bonchev–Trinajstić information content (AvgIpc) is 0.893. The van der Waals surface area contributed by atoms with E-state index in [1.165, 1.54) is 36.4 Å². The van der Waals surface area contributed by atoms with E-state index in [0.29, 0.717) is 104 Å². The second kappa shape index (κ2) is 39.5. The maximum Gasteiger partial charge on any atom is 0.343 e. The van der Waals surface area contributed by atoms with Crippen molar-refractivity contribution in [3.8, 4) is 34.5 Å². The zero-order valence-corrected chi connectivity index (χ0v) is 54.5. The van der Waals surface area contributed by atoms with E-state index in [0.717, 1.165) is 151 Å². The number of benzene rings is 6. The lowest BCUT2D eigenvalue weighted by Crippen LogP contribution is -2.26. The van der Waals surface area contributed by atoms with Gasteiger partial charge in [-0.1, -0.05) is 96.3 Å². The van der Waals surface area contributed by atoms with E-state index >= 15 is 0 Å². The van der Waals surface area contributed by atoms with Crippen molar-refractivity contribution in [2.24, 2.45) is 0 Å². The van der Waals surface area contributed by atoms with E-state index in [1.807, 2.05) is 0 Å². The Balaban J connectivity index is 0.588. The quantitative estimate of drug-likeness (QED) is 0.0150. The summed E-state index contributed by atoms with van der Waals surface area (Å²) in [6, 6.07) is 44.4. The second-order valence-electron chi connectivity index (χ2n) is 23.7. The van der Waals surface area contributed by atoms with E-state index in [9.17, 15) is 28.8 Å². The molecule has 6 aromatic carbocycles. The number of ether oxygens (including phenoxy) is 9. The Hall–Kier alpha value is -9.36. The highest BCUT2D eigenvalue weighted by atomic mass is 16.6. The maximum atomic E-state index is 12.8. The van der Waals surface area contributed by atoms with Gasteiger partial charge in [-0.2, -0.15) is 0 Å². The van der Waals surface area contributed by atoms with Crippen molar-refractivity contribution in [1.82, 2.24) is 0 Å². The van der Waals surface area contributed by atoms with Crippen molar-refractivity contribution >= 4 is 50.8 Å². The van der Waals surface area contributed by atoms with Crippen LogP contribution in [-0.2, 0) is 14.2 Å². The maximum absolute atomic E-state index is 12.8. The van der Waals surface area contributed by atoms with Gasteiger partial charge in [0.15, 0.2) is 0 Å². The minimum absolute atomic E-state index is 0.118. The summed E-state index contributed by atoms with van der Waals surface area (Å²) in [6.45, 7) is 4.85. The first-order valence-electron chi connectivity index (χ1n) is 33.8. The van der Waals surface area contributed by atoms with E-state index < -0.39 is 34.8 Å². The normalized spacial score (nSPS) is 11.3. The largest absolute Gasteiger partial charge is 0.494 e. The number of unbranched alkanes of at least 4 members (excludes halogenated alkanes) is 18. The highest BCUT2D eigenvalue weighted by Gasteiger charge is 2.15. The molecule has 0 saturated carbocycles. The van der Waals surface area contributed by atoms with Crippen LogP contribution in [0.1, 0.15) is 166 Å². The Morgan fingerprint density at radius 3 is 0.833 bits per heavy atom. The summed E-state index contributed by atoms with van der Waals surface area (Å²) in [5, 5.41) is 2.20. The van der Waals surface area contributed by atoms with Crippen molar-refractivity contribution < 1.29 is 70.3 Å². The third-order valence-corrected chi connectivity index (χ3v) is 16.1. The van der Waals surface area contributed by atoms with Gasteiger partial charge in [0.1, 0.15) is 57.4 Å². The molecule has 0 aliphatic carbocycles. The van der Waals surface area contributed by atoms with Gasteiger partial charge in [-0.3, -0.25) is 0 Å². The summed E-state index contributed by atoms with van der Waals surface area (Å²) in [4.78, 5) is 73.1. The molecule has 9 aromatic rings. The fourth-order valence-electron chi connectivity index (χ4n) is 10.7. The van der Waals surface area contributed by atoms with E-state index in [-0.39, 0.29) is 23.4 Å². The fourth-order valence-corrected chi connectivity index (χ4v) is 10.7. The summed E-state index contributed by atoms with van der Waals surface area (Å²) < 4.78 is 68.6. The third kappa shape index (κ3) is 24.8. The monoisotopic (exact) mass is 1310 g/mol. The van der Waals surface area contributed by atoms with Crippen LogP contribution in [0.4, 0.5) is 0 Å². The molecule has 96 heavy (non-hydrogen) atoms. The summed E-state index contributed by atoms with van der Waals surface area (Å²) in [5.74, 6) is 1.39. The summed E-state index contributed by atoms with van der Waals surface area (Å²) >= 11 is 0. The lowest BCUT2D eigenvalue weighted by molar-refractivity contribution is -0.0616. The molecule has 9 rings (SSSR count). The molecule has 0 aliphatic heterocycles. The van der Waals surface area contributed by atoms with Crippen LogP contribution in [0.3, 0.4) is 0 Å². The van der Waals surface area contributed by atoms with Crippen LogP contribution in [0, 0.1) is 0 Å². The zero-order valence-electron chi connectivity index (χ0n) is 54.5. The standard InChI is InChI=1S/C78H86O18/c79-73-43-31-57-22-40-66(52-70(57)94-73)91-76(82)60-25-34-63(35-26-60)87-48-18-12-6-1-4-10-16-46-85-55-69(90-51-21-15-9-3-8-14-20-50-89-65-38-29-62(30-39-65)78(84)93-68-42-24-59-33-45-75(81)96-72(59)54-68)56-86-47-17-11-5-2-7-13-19-49-88-64-36-27-61(28-37-64)77(83)92-67-41-23-58-32-44-74(80)95-71(58)53-67/h22-45,52-54,69H,1-21,46-51,55-56H2. The van der Waals surface area contributed by atoms with E-state index in [1.54, 1.807) is 127 Å². The van der Waals surface area contributed by atoms with Crippen LogP contribution >= 0.6 is 0 Å². The molecule has 0 atom stereocenters. The molecule has 18 nitrogen and oxygen atoms in total. The molecule has 3 aromatic heterocycles. The first kappa shape index (κ1) is 70.9. The minimum Gasteiger partial charge on any atom is -0.494 e. The summed E-state index contributed by atoms with van der Waals surface area (Å²) in [7, 11) is 0. The van der Waals surface area contributed by atoms with Crippen molar-refractivity contribution in [2.45, 2.75) is 141 Å². The van der Waals surface area contributed by atoms with E-state index in [4.69, 9.17) is 55.9 Å². The molecule has 0 N–H and O–H groups in total. The Labute approximate surface area is 558 Å². The Kier molecular flexibility index (Phi) is 29.2. The SMILES string of the molecule is O=C(Oc1ccc2ccc(=O)oc2c1)c1ccc(OCCCCCCCCCOCC(COCCCCCCCCCOc2ccc(C(=O)Oc3ccc4ccc(=O)oc4c3)cc2)OCCCCCCCCCOc2ccc(C(=O)Oc3ccc4ccc(=O)oc4c3)cc2)cc1. The molecule has 0 saturated heterocycles. The van der Waals surface area contributed by atoms with Gasteiger partial charge in [-0.25, -0.2) is 28.8 Å². The molecule has 18 heteroatoms. The van der Waals surface area contributed by atoms with Crippen LogP contribution in [0.15, 0.2) is 191 Å². The smallest absolute Gasteiger partial charge is 0.343 e. The molecule has 0 fully saturated rings. The Bertz CT molecular complexity index is 3850. The van der Waals surface area contributed by atoms with Crippen LogP contribution < -0.4 is 45.3 Å². The first-order valence-corrected chi connectivity index (χ1v) is 33.8. The van der Waals surface area contributed by atoms with Gasteiger partial charge in [0.2, 0.25) is 0 Å². The molecule has 0 amide bonds. The van der Waals surface area contributed by atoms with Crippen LogP contribution in [0.2, 0.25) is 0 Å². The molecule has 0 bridgehead atoms. The summed E-state index contributed by atoms with van der Waals surface area (Å²) in [5.41, 5.74) is 0.785. The number of hydrogen-bond donors (Lipinski definition) is 0. The molecular weight excluding hydrogens is 1220 g/mol. The lowest BCUT2D eigenvalue weighted by atomic mass is 10.1. The van der Waals surface area contributed by atoms with Gasteiger partial charge in [0.25, 0.3) is 0 Å². The Morgan fingerprint density at radius 2 is 0.531 bits per heavy atom. The molecule has 0 aliphatic rings. The predicted octanol–water partition coefficient (Wildman–Crippen LogP) is 16.8. The van der Waals surface area contributed by atoms with Crippen LogP contribution in [0.5, 0.6) is 34.5 Å². The average molecular weight is 1310 g/mol. The van der Waals surface area contributed by atoms with Crippen LogP contribution in [0.25, 0.3) is 32.9 Å². The minimum atomic E-state index is -0.518. The topological polar surface area (TPSA) is 225 Å². The molecule has 0 radical (unpaired) electrons. The van der Waals surface area contributed by atoms with Crippen molar-refractivity contribution in [2.75, 3.05) is 52.9 Å². The van der Waals surface area contributed by atoms with E-state index in [2.05, 4.69) is 0 Å².